The second-order valence-corrected chi connectivity index (χ2v) is 8.79. The van der Waals surface area contributed by atoms with Gasteiger partial charge < -0.3 is 4.43 Å². The van der Waals surface area contributed by atoms with Crippen molar-refractivity contribution in [3.8, 4) is 0 Å². The van der Waals surface area contributed by atoms with Crippen LogP contribution >= 0.6 is 0 Å². The van der Waals surface area contributed by atoms with E-state index < -0.39 is 8.32 Å². The lowest BCUT2D eigenvalue weighted by Gasteiger charge is -2.51. The summed E-state index contributed by atoms with van der Waals surface area (Å²) in [5.74, 6) is 0. The van der Waals surface area contributed by atoms with Gasteiger partial charge in [-0.05, 0) is 31.7 Å². The van der Waals surface area contributed by atoms with E-state index in [4.69, 9.17) is 4.43 Å². The normalized spacial score (nSPS) is 28.0. The molecule has 0 aromatic rings. The molecule has 1 heterocycles. The number of hydrogen-bond acceptors (Lipinski definition) is 1. The second-order valence-electron chi connectivity index (χ2n) is 5.36. The van der Waals surface area contributed by atoms with Gasteiger partial charge in [0.1, 0.15) is 0 Å². The van der Waals surface area contributed by atoms with E-state index in [-0.39, 0.29) is 11.0 Å². The first-order chi connectivity index (χ1) is 6.29. The molecule has 0 amide bonds. The van der Waals surface area contributed by atoms with Crippen molar-refractivity contribution in [3.05, 3.63) is 24.6 Å². The number of rotatable bonds is 2. The van der Waals surface area contributed by atoms with Crippen LogP contribution < -0.4 is 0 Å². The Bertz CT molecular complexity index is 245. The molecule has 1 aliphatic heterocycles. The van der Waals surface area contributed by atoms with Gasteiger partial charge in [0, 0.05) is 0 Å². The predicted molar refractivity (Wildman–Crippen MR) is 64.5 cm³/mol. The maximum absolute atomic E-state index is 6.28. The van der Waals surface area contributed by atoms with Crippen molar-refractivity contribution in [1.82, 2.24) is 0 Å². The van der Waals surface area contributed by atoms with Crippen molar-refractivity contribution >= 4 is 8.32 Å². The fourth-order valence-electron chi connectivity index (χ4n) is 1.84. The topological polar surface area (TPSA) is 9.23 Å². The minimum atomic E-state index is -1.83. The van der Waals surface area contributed by atoms with Crippen LogP contribution in [0.2, 0.25) is 6.04 Å². The van der Waals surface area contributed by atoms with E-state index >= 15 is 0 Å². The Hall–Kier alpha value is -0.343. The van der Waals surface area contributed by atoms with E-state index in [0.29, 0.717) is 0 Å². The Morgan fingerprint density at radius 2 is 1.64 bits per heavy atom. The molecule has 0 aromatic heterocycles. The molecule has 14 heavy (non-hydrogen) atoms. The largest absolute Gasteiger partial charge is 0.404 e. The van der Waals surface area contributed by atoms with Crippen LogP contribution in [0.4, 0.5) is 0 Å². The molecule has 0 aliphatic carbocycles. The van der Waals surface area contributed by atoms with E-state index in [1.807, 2.05) is 11.4 Å². The quantitative estimate of drug-likeness (QED) is 0.633. The van der Waals surface area contributed by atoms with Gasteiger partial charge >= 0.3 is 0 Å². The van der Waals surface area contributed by atoms with Gasteiger partial charge in [-0.25, -0.2) is 0 Å². The summed E-state index contributed by atoms with van der Waals surface area (Å²) in [7, 11) is -1.83. The summed E-state index contributed by atoms with van der Waals surface area (Å²) >= 11 is 0. The second kappa shape index (κ2) is 3.35. The van der Waals surface area contributed by atoms with Gasteiger partial charge in [-0.15, -0.1) is 13.2 Å². The maximum atomic E-state index is 6.28. The van der Waals surface area contributed by atoms with Crippen molar-refractivity contribution in [1.29, 1.82) is 0 Å². The third-order valence-corrected chi connectivity index (χ3v) is 7.21. The van der Waals surface area contributed by atoms with Gasteiger partial charge in [0.05, 0.1) is 5.60 Å². The lowest BCUT2D eigenvalue weighted by atomic mass is 9.75. The van der Waals surface area contributed by atoms with Crippen molar-refractivity contribution in [2.75, 3.05) is 0 Å². The first kappa shape index (κ1) is 11.7. The zero-order valence-electron chi connectivity index (χ0n) is 9.89. The Labute approximate surface area is 89.0 Å². The average Bonchev–Trinajstić information content (AvgIpc) is 2.10. The minimum absolute atomic E-state index is 0.0696. The molecule has 0 saturated carbocycles. The summed E-state index contributed by atoms with van der Waals surface area (Å²) in [6, 6.07) is 1.12. The van der Waals surface area contributed by atoms with E-state index in [2.05, 4.69) is 40.9 Å². The van der Waals surface area contributed by atoms with Crippen LogP contribution in [0.1, 0.15) is 34.1 Å². The van der Waals surface area contributed by atoms with Crippen LogP contribution in [0.25, 0.3) is 0 Å². The molecule has 1 saturated heterocycles. The Morgan fingerprint density at radius 3 is 2.00 bits per heavy atom. The van der Waals surface area contributed by atoms with Crippen LogP contribution in [0.15, 0.2) is 24.6 Å². The minimum Gasteiger partial charge on any atom is -0.404 e. The highest BCUT2D eigenvalue weighted by Crippen LogP contribution is 2.46. The first-order valence-electron chi connectivity index (χ1n) is 5.26. The summed E-state index contributed by atoms with van der Waals surface area (Å²) in [5, 5.41) is 0. The molecular formula is C12H22OSi. The standard InChI is InChI=1S/C12H22OSi/c1-7-14(8-2)10-9-11(3,4)12(5,6)13-14/h7-8H,1-2,9-10H2,3-6H3. The van der Waals surface area contributed by atoms with Crippen LogP contribution in [0, 0.1) is 5.41 Å². The highest BCUT2D eigenvalue weighted by molar-refractivity contribution is 6.83. The van der Waals surface area contributed by atoms with E-state index in [1.54, 1.807) is 0 Å². The van der Waals surface area contributed by atoms with E-state index in [0.717, 1.165) is 6.04 Å². The Morgan fingerprint density at radius 1 is 1.14 bits per heavy atom. The molecule has 2 heteroatoms. The van der Waals surface area contributed by atoms with Crippen LogP contribution in [-0.2, 0) is 4.43 Å². The smallest absolute Gasteiger partial charge is 0.241 e. The Kier molecular flexibility index (Phi) is 2.81. The molecule has 0 bridgehead atoms. The van der Waals surface area contributed by atoms with Crippen LogP contribution in [0.3, 0.4) is 0 Å². The van der Waals surface area contributed by atoms with Gasteiger partial charge in [0.15, 0.2) is 0 Å². The van der Waals surface area contributed by atoms with Gasteiger partial charge in [-0.2, -0.15) is 0 Å². The molecule has 0 radical (unpaired) electrons. The predicted octanol–water partition coefficient (Wildman–Crippen LogP) is 3.61. The molecular weight excluding hydrogens is 188 g/mol. The number of hydrogen-bond donors (Lipinski definition) is 0. The molecule has 1 fully saturated rings. The summed E-state index contributed by atoms with van der Waals surface area (Å²) < 4.78 is 6.28. The fraction of sp³-hybridized carbons (Fsp3) is 0.667. The van der Waals surface area contributed by atoms with E-state index in [1.165, 1.54) is 6.42 Å². The zero-order valence-corrected chi connectivity index (χ0v) is 10.9. The van der Waals surface area contributed by atoms with Crippen molar-refractivity contribution in [2.45, 2.75) is 45.8 Å². The van der Waals surface area contributed by atoms with Gasteiger partial charge in [-0.1, -0.05) is 25.2 Å². The third-order valence-electron chi connectivity index (χ3n) is 3.91. The van der Waals surface area contributed by atoms with Crippen molar-refractivity contribution in [2.24, 2.45) is 5.41 Å². The zero-order chi connectivity index (χ0) is 11.0. The summed E-state index contributed by atoms with van der Waals surface area (Å²) in [6.45, 7) is 16.7. The first-order valence-corrected chi connectivity index (χ1v) is 7.53. The van der Waals surface area contributed by atoms with Crippen LogP contribution in [0.5, 0.6) is 0 Å². The molecule has 0 spiro atoms. The molecule has 0 atom stereocenters. The Balaban J connectivity index is 2.97. The van der Waals surface area contributed by atoms with Gasteiger partial charge in [0.2, 0.25) is 8.32 Å². The fourth-order valence-corrected chi connectivity index (χ4v) is 4.93. The van der Waals surface area contributed by atoms with Gasteiger partial charge in [-0.3, -0.25) is 0 Å². The lowest BCUT2D eigenvalue weighted by molar-refractivity contribution is -0.0364. The van der Waals surface area contributed by atoms with Crippen molar-refractivity contribution < 1.29 is 4.43 Å². The summed E-state index contributed by atoms with van der Waals surface area (Å²) in [6.07, 6.45) is 1.20. The summed E-state index contributed by atoms with van der Waals surface area (Å²) in [4.78, 5) is 0. The SMILES string of the molecule is C=C[Si]1(C=C)CCC(C)(C)C(C)(C)O1. The molecule has 0 aromatic carbocycles. The molecule has 0 N–H and O–H groups in total. The molecule has 80 valence electrons. The van der Waals surface area contributed by atoms with Crippen molar-refractivity contribution in [3.63, 3.8) is 0 Å². The summed E-state index contributed by atoms with van der Waals surface area (Å²) in [5.41, 5.74) is 4.20. The molecule has 1 rings (SSSR count). The highest BCUT2D eigenvalue weighted by Gasteiger charge is 2.49. The third kappa shape index (κ3) is 1.73. The molecule has 1 aliphatic rings. The van der Waals surface area contributed by atoms with Gasteiger partial charge in [0.25, 0.3) is 0 Å². The highest BCUT2D eigenvalue weighted by atomic mass is 28.4. The molecule has 1 nitrogen and oxygen atoms in total. The maximum Gasteiger partial charge on any atom is 0.241 e. The van der Waals surface area contributed by atoms with E-state index in [9.17, 15) is 0 Å². The average molecular weight is 210 g/mol. The van der Waals surface area contributed by atoms with Crippen LogP contribution in [-0.4, -0.2) is 13.9 Å². The lowest BCUT2D eigenvalue weighted by Crippen LogP contribution is -2.55. The monoisotopic (exact) mass is 210 g/mol. The molecule has 0 unspecified atom stereocenters.